The fourth-order valence-corrected chi connectivity index (χ4v) is 9.59. The molecule has 0 saturated carbocycles. The van der Waals surface area contributed by atoms with E-state index in [-0.39, 0.29) is 45.9 Å². The SMILES string of the molecule is [2H]c1cc(C(C)(C)C)cc([2H])c1N1c2cc(C)cc3c2B(c2cc(C(C)(C)C)cc([2H])c21)c1oc2cc4c(cc2c1N3c1ccc(C(C)(C)C)cc1)C(C)(C)CCC4(C)C. The molecule has 0 radical (unpaired) electrons. The second-order valence-corrected chi connectivity index (χ2v) is 21.7. The topological polar surface area (TPSA) is 19.6 Å². The van der Waals surface area contributed by atoms with Crippen molar-refractivity contribution in [2.45, 2.75) is 137 Å². The van der Waals surface area contributed by atoms with E-state index in [1.807, 2.05) is 18.2 Å². The number of benzene rings is 5. The summed E-state index contributed by atoms with van der Waals surface area (Å²) in [4.78, 5) is 4.50. The van der Waals surface area contributed by atoms with E-state index in [9.17, 15) is 4.11 Å². The Balaban J connectivity index is 1.43. The minimum absolute atomic E-state index is 0.00283. The molecule has 3 heterocycles. The zero-order valence-electron chi connectivity index (χ0n) is 39.7. The van der Waals surface area contributed by atoms with Crippen LogP contribution in [0, 0.1) is 6.92 Å². The Kier molecular flexibility index (Phi) is 7.33. The molecule has 0 amide bonds. The van der Waals surface area contributed by atoms with Gasteiger partial charge in [-0.15, -0.1) is 0 Å². The number of hydrogen-bond acceptors (Lipinski definition) is 3. The van der Waals surface area contributed by atoms with Crippen molar-refractivity contribution in [2.75, 3.05) is 9.80 Å². The third-order valence-electron chi connectivity index (χ3n) is 13.4. The molecule has 4 heteroatoms. The van der Waals surface area contributed by atoms with Crippen LogP contribution in [0.4, 0.5) is 34.1 Å². The third kappa shape index (κ3) is 5.91. The first-order chi connectivity index (χ1) is 27.8. The van der Waals surface area contributed by atoms with E-state index >= 15 is 0 Å². The number of hydrogen-bond donors (Lipinski definition) is 0. The molecule has 9 rings (SSSR count). The lowest BCUT2D eigenvalue weighted by Gasteiger charge is -2.43. The lowest BCUT2D eigenvalue weighted by molar-refractivity contribution is 0.332. The first kappa shape index (κ1) is 34.4. The molecule has 6 aromatic rings. The van der Waals surface area contributed by atoms with Gasteiger partial charge in [-0.25, -0.2) is 0 Å². The number of rotatable bonds is 2. The number of furan rings is 1. The summed E-state index contributed by atoms with van der Waals surface area (Å²) in [6.07, 6.45) is 2.22. The van der Waals surface area contributed by atoms with Crippen LogP contribution in [0.2, 0.25) is 0 Å². The average molecular weight is 756 g/mol. The maximum atomic E-state index is 9.90. The molecule has 0 fully saturated rings. The maximum absolute atomic E-state index is 9.90. The summed E-state index contributed by atoms with van der Waals surface area (Å²) in [5.74, 6) is 0. The van der Waals surface area contributed by atoms with E-state index in [0.29, 0.717) is 17.4 Å². The minimum atomic E-state index is -0.337. The number of aryl methyl sites for hydroxylation is 1. The van der Waals surface area contributed by atoms with E-state index in [0.717, 1.165) is 79.8 Å². The van der Waals surface area contributed by atoms with Crippen LogP contribution in [0.5, 0.6) is 0 Å². The van der Waals surface area contributed by atoms with E-state index < -0.39 is 0 Å². The molecule has 3 nitrogen and oxygen atoms in total. The Labute approximate surface area is 346 Å². The van der Waals surface area contributed by atoms with Gasteiger partial charge in [0.2, 0.25) is 0 Å². The lowest BCUT2D eigenvalue weighted by Crippen LogP contribution is -2.61. The van der Waals surface area contributed by atoms with E-state index in [4.69, 9.17) is 4.42 Å². The fraction of sp³-hybridized carbons (Fsp3) is 0.396. The monoisotopic (exact) mass is 756 g/mol. The van der Waals surface area contributed by atoms with Crippen LogP contribution in [0.15, 0.2) is 95.3 Å². The van der Waals surface area contributed by atoms with Crippen molar-refractivity contribution >= 4 is 68.4 Å². The van der Waals surface area contributed by atoms with Crippen LogP contribution in [-0.2, 0) is 27.1 Å². The van der Waals surface area contributed by atoms with Crippen LogP contribution in [0.25, 0.3) is 11.0 Å². The molecule has 3 aliphatic rings. The molecule has 1 aromatic heterocycles. The predicted molar refractivity (Wildman–Crippen MR) is 246 cm³/mol. The molecule has 2 aliphatic heterocycles. The second kappa shape index (κ2) is 12.2. The Morgan fingerprint density at radius 1 is 0.596 bits per heavy atom. The van der Waals surface area contributed by atoms with Gasteiger partial charge in [0.05, 0.1) is 15.5 Å². The van der Waals surface area contributed by atoms with Gasteiger partial charge in [0.15, 0.2) is 0 Å². The molecular formula is C53H61BN2O. The second-order valence-electron chi connectivity index (χ2n) is 21.7. The van der Waals surface area contributed by atoms with Crippen LogP contribution >= 0.6 is 0 Å². The van der Waals surface area contributed by atoms with Crippen molar-refractivity contribution in [3.8, 4) is 0 Å². The number of anilines is 6. The van der Waals surface area contributed by atoms with E-state index in [1.165, 1.54) is 16.7 Å². The van der Waals surface area contributed by atoms with Crippen molar-refractivity contribution in [3.05, 3.63) is 124 Å². The molecule has 57 heavy (non-hydrogen) atoms. The smallest absolute Gasteiger partial charge is 0.297 e. The van der Waals surface area contributed by atoms with Crippen molar-refractivity contribution in [1.29, 1.82) is 0 Å². The molecule has 0 saturated heterocycles. The first-order valence-electron chi connectivity index (χ1n) is 22.5. The maximum Gasteiger partial charge on any atom is 0.297 e. The Morgan fingerprint density at radius 2 is 1.12 bits per heavy atom. The fourth-order valence-electron chi connectivity index (χ4n) is 9.59. The molecule has 0 unspecified atom stereocenters. The van der Waals surface area contributed by atoms with Crippen LogP contribution in [0.3, 0.4) is 0 Å². The van der Waals surface area contributed by atoms with Crippen molar-refractivity contribution < 1.29 is 8.53 Å². The molecule has 0 atom stereocenters. The highest BCUT2D eigenvalue weighted by molar-refractivity contribution is 7.00. The third-order valence-corrected chi connectivity index (χ3v) is 13.4. The van der Waals surface area contributed by atoms with Crippen molar-refractivity contribution in [3.63, 3.8) is 0 Å². The van der Waals surface area contributed by atoms with Gasteiger partial charge in [-0.3, -0.25) is 0 Å². The van der Waals surface area contributed by atoms with Crippen molar-refractivity contribution in [1.82, 2.24) is 0 Å². The molecule has 5 aromatic carbocycles. The summed E-state index contributed by atoms with van der Waals surface area (Å²) in [6.45, 7) is 31.1. The zero-order chi connectivity index (χ0) is 43.4. The highest BCUT2D eigenvalue weighted by Gasteiger charge is 2.48. The van der Waals surface area contributed by atoms with Gasteiger partial charge in [0.25, 0.3) is 6.71 Å². The van der Waals surface area contributed by atoms with Gasteiger partial charge in [-0.05, 0) is 146 Å². The normalized spacial score (nSPS) is 17.7. The summed E-state index contributed by atoms with van der Waals surface area (Å²) in [6, 6.07) is 27.4. The van der Waals surface area contributed by atoms with Crippen LogP contribution in [0.1, 0.15) is 140 Å². The molecule has 1 aliphatic carbocycles. The first-order valence-corrected chi connectivity index (χ1v) is 21.0. The Morgan fingerprint density at radius 3 is 1.70 bits per heavy atom. The summed E-state index contributed by atoms with van der Waals surface area (Å²) in [7, 11) is 0. The molecular weight excluding hydrogens is 691 g/mol. The van der Waals surface area contributed by atoms with E-state index in [2.05, 4.69) is 161 Å². The highest BCUT2D eigenvalue weighted by Crippen LogP contribution is 2.52. The molecule has 0 bridgehead atoms. The van der Waals surface area contributed by atoms with Gasteiger partial charge in [0.1, 0.15) is 5.58 Å². The van der Waals surface area contributed by atoms with Crippen molar-refractivity contribution in [2.24, 2.45) is 0 Å². The predicted octanol–water partition coefficient (Wildman–Crippen LogP) is 13.1. The summed E-state index contributed by atoms with van der Waals surface area (Å²) in [5, 5.41) is 1.10. The molecule has 0 spiro atoms. The Hall–Kier alpha value is -4.70. The molecule has 292 valence electrons. The standard InChI is InChI=1S/C53H61BN2O/c1-32-27-43-46-44(28-32)56(37-22-17-34(18-23-37)50(5,6)7)47-38-30-39-40(53(13,14)26-25-52(39,11)12)31-45(38)57-48(47)54(46)41-29-35(51(8,9)10)19-24-42(41)55(43)36-20-15-33(16-21-36)49(2,3)4/h15-24,27-31H,25-26H2,1-14H3/i20D,21D,24D. The average Bonchev–Trinajstić information content (AvgIpc) is 3.50. The summed E-state index contributed by atoms with van der Waals surface area (Å²) >= 11 is 0. The summed E-state index contributed by atoms with van der Waals surface area (Å²) in [5.41, 5.74) is 15.6. The summed E-state index contributed by atoms with van der Waals surface area (Å²) < 4.78 is 36.5. The highest BCUT2D eigenvalue weighted by atomic mass is 16.3. The van der Waals surface area contributed by atoms with Crippen LogP contribution < -0.4 is 26.4 Å². The van der Waals surface area contributed by atoms with Crippen LogP contribution in [-0.4, -0.2) is 6.71 Å². The van der Waals surface area contributed by atoms with Gasteiger partial charge >= 0.3 is 0 Å². The lowest BCUT2D eigenvalue weighted by atomic mass is 9.35. The number of fused-ring (bicyclic) bond motifs is 7. The van der Waals surface area contributed by atoms with Gasteiger partial charge in [-0.1, -0.05) is 126 Å². The molecule has 0 N–H and O–H groups in total. The zero-order valence-corrected chi connectivity index (χ0v) is 36.7. The Bertz CT molecular complexity index is 2750. The minimum Gasteiger partial charge on any atom is -0.468 e. The largest absolute Gasteiger partial charge is 0.468 e. The van der Waals surface area contributed by atoms with Gasteiger partial charge in [0, 0.05) is 33.8 Å². The van der Waals surface area contributed by atoms with E-state index in [1.54, 1.807) is 0 Å². The quantitative estimate of drug-likeness (QED) is 0.164. The van der Waals surface area contributed by atoms with Gasteiger partial charge in [-0.2, -0.15) is 0 Å². The number of nitrogens with zero attached hydrogens (tertiary/aromatic N) is 2. The van der Waals surface area contributed by atoms with Gasteiger partial charge < -0.3 is 14.2 Å².